The molecule has 168 valence electrons. The third kappa shape index (κ3) is 4.56. The average Bonchev–Trinajstić information content (AvgIpc) is 3.10. The minimum atomic E-state index is -0.372. The molecule has 1 aromatic heterocycles. The maximum absolute atomic E-state index is 12.7. The molecular formula is C26H24ClN3O3. The zero-order valence-corrected chi connectivity index (χ0v) is 19.4. The number of nitrogens with one attached hydrogen (secondary N) is 1. The molecule has 0 spiro atoms. The van der Waals surface area contributed by atoms with Gasteiger partial charge in [0.15, 0.2) is 0 Å². The molecule has 0 aliphatic heterocycles. The summed E-state index contributed by atoms with van der Waals surface area (Å²) in [6, 6.07) is 20.9. The normalized spacial score (nSPS) is 11.2. The van der Waals surface area contributed by atoms with Crippen molar-refractivity contribution in [2.75, 3.05) is 14.2 Å². The first kappa shape index (κ1) is 22.4. The summed E-state index contributed by atoms with van der Waals surface area (Å²) in [5.74, 6) is 0.645. The van der Waals surface area contributed by atoms with Crippen LogP contribution in [0.3, 0.4) is 0 Å². The van der Waals surface area contributed by atoms with E-state index in [2.05, 4.69) is 21.2 Å². The van der Waals surface area contributed by atoms with Crippen LogP contribution in [-0.2, 0) is 6.54 Å². The Kier molecular flexibility index (Phi) is 6.66. The Labute approximate surface area is 197 Å². The zero-order chi connectivity index (χ0) is 23.4. The molecule has 0 saturated carbocycles. The quantitative estimate of drug-likeness (QED) is 0.294. The van der Waals surface area contributed by atoms with Gasteiger partial charge in [0.25, 0.3) is 5.91 Å². The SMILES string of the molecule is COc1ccc(C(=O)N/N=C\c2c(C)n(Cc3ccccc3Cl)c3ccccc23)c(OC)c1. The van der Waals surface area contributed by atoms with E-state index in [1.807, 2.05) is 49.4 Å². The molecular weight excluding hydrogens is 438 g/mol. The van der Waals surface area contributed by atoms with Crippen molar-refractivity contribution in [2.45, 2.75) is 13.5 Å². The topological polar surface area (TPSA) is 64.8 Å². The van der Waals surface area contributed by atoms with E-state index in [4.69, 9.17) is 21.1 Å². The van der Waals surface area contributed by atoms with E-state index >= 15 is 0 Å². The summed E-state index contributed by atoms with van der Waals surface area (Å²) < 4.78 is 12.7. The second-order valence-electron chi connectivity index (χ2n) is 7.46. The molecule has 4 rings (SSSR count). The number of hydrazone groups is 1. The number of nitrogens with zero attached hydrogens (tertiary/aromatic N) is 2. The van der Waals surface area contributed by atoms with E-state index in [1.165, 1.54) is 7.11 Å². The summed E-state index contributed by atoms with van der Waals surface area (Å²) in [4.78, 5) is 12.7. The maximum Gasteiger partial charge on any atom is 0.275 e. The monoisotopic (exact) mass is 461 g/mol. The van der Waals surface area contributed by atoms with Crippen molar-refractivity contribution in [2.24, 2.45) is 5.10 Å². The molecule has 4 aromatic rings. The van der Waals surface area contributed by atoms with Gasteiger partial charge in [-0.05, 0) is 36.8 Å². The molecule has 0 aliphatic carbocycles. The Balaban J connectivity index is 1.62. The number of benzene rings is 3. The van der Waals surface area contributed by atoms with E-state index in [0.29, 0.717) is 23.6 Å². The minimum Gasteiger partial charge on any atom is -0.497 e. The smallest absolute Gasteiger partial charge is 0.275 e. The first-order valence-electron chi connectivity index (χ1n) is 10.4. The van der Waals surface area contributed by atoms with Crippen LogP contribution in [0.25, 0.3) is 10.9 Å². The predicted octanol–water partition coefficient (Wildman–Crippen LogP) is 5.43. The number of hydrogen-bond acceptors (Lipinski definition) is 4. The van der Waals surface area contributed by atoms with Crippen molar-refractivity contribution in [1.29, 1.82) is 0 Å². The van der Waals surface area contributed by atoms with Crippen molar-refractivity contribution >= 4 is 34.6 Å². The zero-order valence-electron chi connectivity index (χ0n) is 18.6. The number of halogens is 1. The number of carbonyl (C=O) groups is 1. The molecule has 0 unspecified atom stereocenters. The van der Waals surface area contributed by atoms with Gasteiger partial charge in [-0.3, -0.25) is 4.79 Å². The lowest BCUT2D eigenvalue weighted by Crippen LogP contribution is -2.18. The van der Waals surface area contributed by atoms with Crippen molar-refractivity contribution in [3.8, 4) is 11.5 Å². The Bertz CT molecular complexity index is 1340. The average molecular weight is 462 g/mol. The number of fused-ring (bicyclic) bond motifs is 1. The number of rotatable bonds is 7. The maximum atomic E-state index is 12.7. The van der Waals surface area contributed by atoms with Crippen LogP contribution in [0, 0.1) is 6.92 Å². The summed E-state index contributed by atoms with van der Waals surface area (Å²) >= 11 is 6.40. The van der Waals surface area contributed by atoms with E-state index < -0.39 is 0 Å². The van der Waals surface area contributed by atoms with E-state index in [1.54, 1.807) is 31.5 Å². The third-order valence-corrected chi connectivity index (χ3v) is 5.95. The number of para-hydroxylation sites is 1. The molecule has 0 atom stereocenters. The molecule has 0 fully saturated rings. The highest BCUT2D eigenvalue weighted by molar-refractivity contribution is 6.31. The fourth-order valence-electron chi connectivity index (χ4n) is 3.82. The molecule has 0 saturated heterocycles. The van der Waals surface area contributed by atoms with Gasteiger partial charge < -0.3 is 14.0 Å². The molecule has 7 heteroatoms. The predicted molar refractivity (Wildman–Crippen MR) is 132 cm³/mol. The van der Waals surface area contributed by atoms with Crippen LogP contribution in [0.2, 0.25) is 5.02 Å². The van der Waals surface area contributed by atoms with Crippen molar-refractivity contribution in [1.82, 2.24) is 9.99 Å². The lowest BCUT2D eigenvalue weighted by atomic mass is 10.1. The second-order valence-corrected chi connectivity index (χ2v) is 7.87. The molecule has 33 heavy (non-hydrogen) atoms. The minimum absolute atomic E-state index is 0.369. The van der Waals surface area contributed by atoms with Gasteiger partial charge in [0, 0.05) is 39.8 Å². The molecule has 0 radical (unpaired) electrons. The van der Waals surface area contributed by atoms with Gasteiger partial charge in [0.05, 0.1) is 26.0 Å². The standard InChI is InChI=1S/C26H24ClN3O3/c1-17-22(15-28-29-26(31)21-13-12-19(32-2)14-25(21)33-3)20-9-5-7-11-24(20)30(17)16-18-8-4-6-10-23(18)27/h4-15H,16H2,1-3H3,(H,29,31)/b28-15-. The Morgan fingerprint density at radius 3 is 2.58 bits per heavy atom. The van der Waals surface area contributed by atoms with E-state index in [-0.39, 0.29) is 5.91 Å². The van der Waals surface area contributed by atoms with Crippen LogP contribution in [0.4, 0.5) is 0 Å². The van der Waals surface area contributed by atoms with Crippen LogP contribution < -0.4 is 14.9 Å². The van der Waals surface area contributed by atoms with E-state index in [0.717, 1.165) is 32.7 Å². The van der Waals surface area contributed by atoms with E-state index in [9.17, 15) is 4.79 Å². The number of aromatic nitrogens is 1. The molecule has 1 N–H and O–H groups in total. The van der Waals surface area contributed by atoms with Crippen LogP contribution >= 0.6 is 11.6 Å². The number of hydrogen-bond donors (Lipinski definition) is 1. The molecule has 1 amide bonds. The van der Waals surface area contributed by atoms with Crippen molar-refractivity contribution < 1.29 is 14.3 Å². The van der Waals surface area contributed by atoms with Gasteiger partial charge in [-0.25, -0.2) is 5.43 Å². The van der Waals surface area contributed by atoms with Gasteiger partial charge in [0.2, 0.25) is 0 Å². The highest BCUT2D eigenvalue weighted by Crippen LogP contribution is 2.27. The van der Waals surface area contributed by atoms with Crippen LogP contribution in [0.5, 0.6) is 11.5 Å². The van der Waals surface area contributed by atoms with Crippen molar-refractivity contribution in [3.63, 3.8) is 0 Å². The lowest BCUT2D eigenvalue weighted by molar-refractivity contribution is 0.0952. The molecule has 6 nitrogen and oxygen atoms in total. The number of amides is 1. The first-order chi connectivity index (χ1) is 16.0. The van der Waals surface area contributed by atoms with Crippen LogP contribution in [-0.4, -0.2) is 30.9 Å². The highest BCUT2D eigenvalue weighted by Gasteiger charge is 2.15. The van der Waals surface area contributed by atoms with Gasteiger partial charge in [0.1, 0.15) is 11.5 Å². The summed E-state index contributed by atoms with van der Waals surface area (Å²) in [7, 11) is 3.06. The third-order valence-electron chi connectivity index (χ3n) is 5.58. The fraction of sp³-hybridized carbons (Fsp3) is 0.154. The Morgan fingerprint density at radius 2 is 1.82 bits per heavy atom. The Morgan fingerprint density at radius 1 is 1.06 bits per heavy atom. The fourth-order valence-corrected chi connectivity index (χ4v) is 4.02. The number of ether oxygens (including phenoxy) is 2. The number of methoxy groups -OCH3 is 2. The largest absolute Gasteiger partial charge is 0.497 e. The summed E-state index contributed by atoms with van der Waals surface area (Å²) in [5.41, 5.74) is 7.02. The van der Waals surface area contributed by atoms with Crippen molar-refractivity contribution in [3.05, 3.63) is 94.1 Å². The number of carbonyl (C=O) groups excluding carboxylic acids is 1. The van der Waals surface area contributed by atoms with Gasteiger partial charge in [-0.15, -0.1) is 0 Å². The molecule has 1 heterocycles. The van der Waals surface area contributed by atoms with Gasteiger partial charge in [-0.2, -0.15) is 5.10 Å². The van der Waals surface area contributed by atoms with Gasteiger partial charge >= 0.3 is 0 Å². The van der Waals surface area contributed by atoms with Gasteiger partial charge in [-0.1, -0.05) is 48.0 Å². The summed E-state index contributed by atoms with van der Waals surface area (Å²) in [5, 5.41) is 6.01. The molecule has 0 aliphatic rings. The Hall–Kier alpha value is -3.77. The second kappa shape index (κ2) is 9.79. The first-order valence-corrected chi connectivity index (χ1v) is 10.8. The van der Waals surface area contributed by atoms with Crippen LogP contribution in [0.1, 0.15) is 27.2 Å². The lowest BCUT2D eigenvalue weighted by Gasteiger charge is -2.10. The summed E-state index contributed by atoms with van der Waals surface area (Å²) in [6.45, 7) is 2.67. The molecule has 3 aromatic carbocycles. The summed E-state index contributed by atoms with van der Waals surface area (Å²) in [6.07, 6.45) is 1.68. The highest BCUT2D eigenvalue weighted by atomic mass is 35.5. The molecule has 0 bridgehead atoms. The van der Waals surface area contributed by atoms with Crippen LogP contribution in [0.15, 0.2) is 71.8 Å².